The van der Waals surface area contributed by atoms with Gasteiger partial charge in [-0.3, -0.25) is 4.79 Å². The SMILES string of the molecule is CCC(CCl)(CCl)NC(=O)c1cc(OC)cs1. The number of ether oxygens (including phenoxy) is 1. The number of alkyl halides is 2. The standard InChI is InChI=1S/C11H15Cl2NO2S/c1-3-11(6-12,7-13)14-10(15)9-4-8(16-2)5-17-9/h4-5H,3,6-7H2,1-2H3,(H,14,15). The van der Waals surface area contributed by atoms with Gasteiger partial charge in [0, 0.05) is 23.2 Å². The lowest BCUT2D eigenvalue weighted by Gasteiger charge is -2.29. The summed E-state index contributed by atoms with van der Waals surface area (Å²) in [7, 11) is 1.57. The van der Waals surface area contributed by atoms with Crippen LogP contribution < -0.4 is 10.1 Å². The van der Waals surface area contributed by atoms with Crippen molar-refractivity contribution in [3.05, 3.63) is 16.3 Å². The highest BCUT2D eigenvalue weighted by molar-refractivity contribution is 7.12. The molecule has 1 aromatic rings. The third-order valence-electron chi connectivity index (χ3n) is 2.60. The van der Waals surface area contributed by atoms with Crippen LogP contribution in [0.25, 0.3) is 0 Å². The van der Waals surface area contributed by atoms with Gasteiger partial charge in [0.15, 0.2) is 0 Å². The Morgan fingerprint density at radius 3 is 2.59 bits per heavy atom. The second-order valence-electron chi connectivity index (χ2n) is 3.71. The number of rotatable bonds is 6. The normalized spacial score (nSPS) is 11.3. The molecule has 0 aliphatic heterocycles. The number of nitrogens with one attached hydrogen (secondary N) is 1. The van der Waals surface area contributed by atoms with E-state index in [1.54, 1.807) is 18.6 Å². The van der Waals surface area contributed by atoms with Crippen LogP contribution in [0.4, 0.5) is 0 Å². The number of carbonyl (C=O) groups excluding carboxylic acids is 1. The highest BCUT2D eigenvalue weighted by atomic mass is 35.5. The van der Waals surface area contributed by atoms with Crippen LogP contribution in [0.2, 0.25) is 0 Å². The smallest absolute Gasteiger partial charge is 0.261 e. The summed E-state index contributed by atoms with van der Waals surface area (Å²) in [6.45, 7) is 1.94. The molecule has 0 fully saturated rings. The molecule has 0 saturated heterocycles. The fraction of sp³-hybridized carbons (Fsp3) is 0.545. The predicted octanol–water partition coefficient (Wildman–Crippen LogP) is 3.11. The van der Waals surface area contributed by atoms with Crippen LogP contribution in [0.1, 0.15) is 23.0 Å². The van der Waals surface area contributed by atoms with Crippen LogP contribution in [0.15, 0.2) is 11.4 Å². The maximum atomic E-state index is 12.0. The molecule has 1 N–H and O–H groups in total. The highest BCUT2D eigenvalue weighted by Gasteiger charge is 2.29. The largest absolute Gasteiger partial charge is 0.496 e. The molecule has 0 spiro atoms. The number of carbonyl (C=O) groups is 1. The van der Waals surface area contributed by atoms with Gasteiger partial charge in [-0.1, -0.05) is 6.92 Å². The molecule has 1 rings (SSSR count). The van der Waals surface area contributed by atoms with Gasteiger partial charge >= 0.3 is 0 Å². The molecule has 0 aromatic carbocycles. The summed E-state index contributed by atoms with van der Waals surface area (Å²) in [5.74, 6) is 1.10. The summed E-state index contributed by atoms with van der Waals surface area (Å²) in [6, 6.07) is 1.70. The zero-order valence-electron chi connectivity index (χ0n) is 9.76. The maximum absolute atomic E-state index is 12.0. The number of methoxy groups -OCH3 is 1. The molecule has 0 aliphatic rings. The topological polar surface area (TPSA) is 38.3 Å². The van der Waals surface area contributed by atoms with Gasteiger partial charge in [-0.2, -0.15) is 0 Å². The molecule has 0 radical (unpaired) electrons. The Morgan fingerprint density at radius 2 is 2.18 bits per heavy atom. The van der Waals surface area contributed by atoms with Crippen LogP contribution in [-0.4, -0.2) is 30.3 Å². The van der Waals surface area contributed by atoms with E-state index in [9.17, 15) is 4.79 Å². The van der Waals surface area contributed by atoms with Crippen molar-refractivity contribution in [1.29, 1.82) is 0 Å². The lowest BCUT2D eigenvalue weighted by molar-refractivity contribution is 0.0917. The van der Waals surface area contributed by atoms with Crippen molar-refractivity contribution in [3.63, 3.8) is 0 Å². The first-order valence-electron chi connectivity index (χ1n) is 5.17. The third kappa shape index (κ3) is 3.50. The van der Waals surface area contributed by atoms with Crippen LogP contribution in [-0.2, 0) is 0 Å². The van der Waals surface area contributed by atoms with Gasteiger partial charge in [-0.25, -0.2) is 0 Å². The van der Waals surface area contributed by atoms with Gasteiger partial charge < -0.3 is 10.1 Å². The Bertz CT molecular complexity index is 369. The van der Waals surface area contributed by atoms with E-state index in [0.717, 1.165) is 0 Å². The maximum Gasteiger partial charge on any atom is 0.261 e. The average molecular weight is 296 g/mol. The van der Waals surface area contributed by atoms with Crippen LogP contribution >= 0.6 is 34.5 Å². The van der Waals surface area contributed by atoms with Crippen LogP contribution in [0.5, 0.6) is 5.75 Å². The first-order chi connectivity index (χ1) is 8.10. The Morgan fingerprint density at radius 1 is 1.53 bits per heavy atom. The molecule has 6 heteroatoms. The first-order valence-corrected chi connectivity index (χ1v) is 7.12. The van der Waals surface area contributed by atoms with Gasteiger partial charge in [-0.05, 0) is 6.42 Å². The van der Waals surface area contributed by atoms with Gasteiger partial charge in [-0.15, -0.1) is 34.5 Å². The van der Waals surface area contributed by atoms with Gasteiger partial charge in [0.1, 0.15) is 5.75 Å². The molecule has 0 unspecified atom stereocenters. The zero-order chi connectivity index (χ0) is 12.9. The quantitative estimate of drug-likeness (QED) is 0.819. The molecular formula is C11H15Cl2NO2S. The van der Waals surface area contributed by atoms with E-state index >= 15 is 0 Å². The van der Waals surface area contributed by atoms with Gasteiger partial charge in [0.2, 0.25) is 0 Å². The average Bonchev–Trinajstić information content (AvgIpc) is 2.85. The molecule has 0 saturated carbocycles. The fourth-order valence-electron chi connectivity index (χ4n) is 1.23. The number of hydrogen-bond acceptors (Lipinski definition) is 3. The monoisotopic (exact) mass is 295 g/mol. The molecule has 0 bridgehead atoms. The Hall–Kier alpha value is -0.450. The molecule has 96 valence electrons. The van der Waals surface area contributed by atoms with E-state index in [4.69, 9.17) is 27.9 Å². The van der Waals surface area contributed by atoms with E-state index < -0.39 is 5.54 Å². The first kappa shape index (κ1) is 14.6. The summed E-state index contributed by atoms with van der Waals surface area (Å²) in [6.07, 6.45) is 0.689. The number of halogens is 2. The van der Waals surface area contributed by atoms with E-state index in [-0.39, 0.29) is 5.91 Å². The minimum Gasteiger partial charge on any atom is -0.496 e. The van der Waals surface area contributed by atoms with E-state index in [2.05, 4.69) is 5.32 Å². The molecule has 1 heterocycles. The molecule has 3 nitrogen and oxygen atoms in total. The molecule has 0 aliphatic carbocycles. The summed E-state index contributed by atoms with van der Waals surface area (Å²) in [5.41, 5.74) is -0.544. The van der Waals surface area contributed by atoms with Gasteiger partial charge in [0.25, 0.3) is 5.91 Å². The molecule has 1 aromatic heterocycles. The molecular weight excluding hydrogens is 281 g/mol. The predicted molar refractivity (Wildman–Crippen MR) is 72.8 cm³/mol. The third-order valence-corrected chi connectivity index (χ3v) is 4.53. The second kappa shape index (κ2) is 6.47. The Kier molecular flexibility index (Phi) is 5.56. The number of amides is 1. The number of hydrogen-bond donors (Lipinski definition) is 1. The van der Waals surface area contributed by atoms with E-state index in [1.165, 1.54) is 11.3 Å². The van der Waals surface area contributed by atoms with Crippen molar-refractivity contribution in [2.45, 2.75) is 18.9 Å². The minimum atomic E-state index is -0.544. The summed E-state index contributed by atoms with van der Waals surface area (Å²) >= 11 is 13.1. The van der Waals surface area contributed by atoms with Crippen LogP contribution in [0, 0.1) is 0 Å². The highest BCUT2D eigenvalue weighted by Crippen LogP contribution is 2.23. The zero-order valence-corrected chi connectivity index (χ0v) is 12.1. The molecule has 17 heavy (non-hydrogen) atoms. The lowest BCUT2D eigenvalue weighted by Crippen LogP contribution is -2.51. The minimum absolute atomic E-state index is 0.165. The molecule has 1 amide bonds. The summed E-state index contributed by atoms with van der Waals surface area (Å²) < 4.78 is 5.03. The Labute approximate surface area is 115 Å². The van der Waals surface area contributed by atoms with Crippen molar-refractivity contribution in [2.24, 2.45) is 0 Å². The summed E-state index contributed by atoms with van der Waals surface area (Å²) in [5, 5.41) is 4.67. The summed E-state index contributed by atoms with van der Waals surface area (Å²) in [4.78, 5) is 12.6. The molecule has 0 atom stereocenters. The van der Waals surface area contributed by atoms with E-state index in [1.807, 2.05) is 6.92 Å². The van der Waals surface area contributed by atoms with Crippen molar-refractivity contribution >= 4 is 40.4 Å². The van der Waals surface area contributed by atoms with E-state index in [0.29, 0.717) is 28.8 Å². The van der Waals surface area contributed by atoms with Crippen LogP contribution in [0.3, 0.4) is 0 Å². The Balaban J connectivity index is 2.77. The van der Waals surface area contributed by atoms with Crippen molar-refractivity contribution in [3.8, 4) is 5.75 Å². The van der Waals surface area contributed by atoms with Crippen molar-refractivity contribution in [1.82, 2.24) is 5.32 Å². The number of thiophene rings is 1. The van der Waals surface area contributed by atoms with Crippen molar-refractivity contribution in [2.75, 3.05) is 18.9 Å². The van der Waals surface area contributed by atoms with Gasteiger partial charge in [0.05, 0.1) is 17.5 Å². The fourth-order valence-corrected chi connectivity index (χ4v) is 2.77. The lowest BCUT2D eigenvalue weighted by atomic mass is 10.0. The van der Waals surface area contributed by atoms with Crippen molar-refractivity contribution < 1.29 is 9.53 Å². The second-order valence-corrected chi connectivity index (χ2v) is 5.15.